The number of benzene rings is 1. The van der Waals surface area contributed by atoms with Crippen LogP contribution in [0.25, 0.3) is 0 Å². The smallest absolute Gasteiger partial charge is 0.231 e. The van der Waals surface area contributed by atoms with Crippen molar-refractivity contribution in [1.29, 1.82) is 0 Å². The average Bonchev–Trinajstić information content (AvgIpc) is 2.95. The lowest BCUT2D eigenvalue weighted by atomic mass is 9.94. The lowest BCUT2D eigenvalue weighted by molar-refractivity contribution is 0.324. The lowest BCUT2D eigenvalue weighted by Crippen LogP contribution is -2.26. The van der Waals surface area contributed by atoms with Crippen molar-refractivity contribution in [3.8, 4) is 0 Å². The first-order valence-electron chi connectivity index (χ1n) is 7.25. The molecular formula is C16H23N3O. The Morgan fingerprint density at radius 2 is 1.85 bits per heavy atom. The summed E-state index contributed by atoms with van der Waals surface area (Å²) in [6.45, 7) is 9.26. The van der Waals surface area contributed by atoms with E-state index >= 15 is 0 Å². The highest BCUT2D eigenvalue weighted by molar-refractivity contribution is 5.22. The number of hydrogen-bond acceptors (Lipinski definition) is 4. The summed E-state index contributed by atoms with van der Waals surface area (Å²) in [5.74, 6) is 1.89. The highest BCUT2D eigenvalue weighted by atomic mass is 16.5. The van der Waals surface area contributed by atoms with Gasteiger partial charge in [0.05, 0.1) is 5.92 Å². The Balaban J connectivity index is 2.24. The molecule has 0 aliphatic heterocycles. The third kappa shape index (κ3) is 3.25. The number of nitrogens with zero attached hydrogens (tertiary/aromatic N) is 2. The predicted molar refractivity (Wildman–Crippen MR) is 79.7 cm³/mol. The Kier molecular flexibility index (Phi) is 4.90. The summed E-state index contributed by atoms with van der Waals surface area (Å²) in [4.78, 5) is 4.52. The molecule has 2 unspecified atom stereocenters. The largest absolute Gasteiger partial charge is 0.339 e. The van der Waals surface area contributed by atoms with Crippen LogP contribution >= 0.6 is 0 Å². The van der Waals surface area contributed by atoms with Crippen LogP contribution in [0.1, 0.15) is 62.9 Å². The fourth-order valence-corrected chi connectivity index (χ4v) is 2.27. The Morgan fingerprint density at radius 3 is 2.40 bits per heavy atom. The minimum atomic E-state index is 0.136. The molecule has 0 aliphatic carbocycles. The summed E-state index contributed by atoms with van der Waals surface area (Å²) in [5, 5.41) is 7.57. The Labute approximate surface area is 120 Å². The van der Waals surface area contributed by atoms with Crippen molar-refractivity contribution < 1.29 is 4.52 Å². The highest BCUT2D eigenvalue weighted by Crippen LogP contribution is 2.30. The zero-order valence-corrected chi connectivity index (χ0v) is 12.6. The van der Waals surface area contributed by atoms with Gasteiger partial charge in [-0.3, -0.25) is 0 Å². The minimum Gasteiger partial charge on any atom is -0.339 e. The van der Waals surface area contributed by atoms with Crippen molar-refractivity contribution in [3.63, 3.8) is 0 Å². The Bertz CT molecular complexity index is 522. The maximum atomic E-state index is 5.44. The third-order valence-electron chi connectivity index (χ3n) is 3.45. The van der Waals surface area contributed by atoms with E-state index in [0.29, 0.717) is 5.89 Å². The second-order valence-corrected chi connectivity index (χ2v) is 5.38. The third-order valence-corrected chi connectivity index (χ3v) is 3.45. The van der Waals surface area contributed by atoms with E-state index in [1.54, 1.807) is 0 Å². The molecule has 0 amide bonds. The van der Waals surface area contributed by atoms with Gasteiger partial charge in [0.15, 0.2) is 5.82 Å². The van der Waals surface area contributed by atoms with E-state index in [0.717, 1.165) is 12.4 Å². The van der Waals surface area contributed by atoms with Crippen LogP contribution in [0.5, 0.6) is 0 Å². The summed E-state index contributed by atoms with van der Waals surface area (Å²) in [7, 11) is 0. The molecule has 2 atom stereocenters. The summed E-state index contributed by atoms with van der Waals surface area (Å²) in [6.07, 6.45) is 0. The van der Waals surface area contributed by atoms with Crippen molar-refractivity contribution >= 4 is 0 Å². The fraction of sp³-hybridized carbons (Fsp3) is 0.500. The summed E-state index contributed by atoms with van der Waals surface area (Å²) < 4.78 is 5.44. The first kappa shape index (κ1) is 14.7. The van der Waals surface area contributed by atoms with Crippen molar-refractivity contribution in [1.82, 2.24) is 15.5 Å². The Morgan fingerprint density at radius 1 is 1.15 bits per heavy atom. The van der Waals surface area contributed by atoms with Crippen LogP contribution in [-0.4, -0.2) is 16.7 Å². The van der Waals surface area contributed by atoms with E-state index in [1.807, 2.05) is 6.07 Å². The van der Waals surface area contributed by atoms with Crippen LogP contribution in [0, 0.1) is 0 Å². The molecule has 0 saturated heterocycles. The molecule has 0 aliphatic rings. The average molecular weight is 273 g/mol. The second kappa shape index (κ2) is 6.66. The van der Waals surface area contributed by atoms with Crippen molar-refractivity contribution in [2.24, 2.45) is 0 Å². The summed E-state index contributed by atoms with van der Waals surface area (Å²) >= 11 is 0. The van der Waals surface area contributed by atoms with Gasteiger partial charge in [-0.25, -0.2) is 0 Å². The molecule has 4 heteroatoms. The van der Waals surface area contributed by atoms with Crippen molar-refractivity contribution in [2.45, 2.75) is 45.6 Å². The molecule has 20 heavy (non-hydrogen) atoms. The Hall–Kier alpha value is -1.68. The van der Waals surface area contributed by atoms with E-state index in [9.17, 15) is 0 Å². The van der Waals surface area contributed by atoms with Gasteiger partial charge in [0.2, 0.25) is 5.89 Å². The summed E-state index contributed by atoms with van der Waals surface area (Å²) in [5.41, 5.74) is 1.24. The maximum Gasteiger partial charge on any atom is 0.231 e. The summed E-state index contributed by atoms with van der Waals surface area (Å²) in [6, 6.07) is 10.6. The van der Waals surface area contributed by atoms with Crippen LogP contribution in [0.15, 0.2) is 34.9 Å². The normalized spacial score (nSPS) is 14.4. The van der Waals surface area contributed by atoms with Crippen LogP contribution < -0.4 is 5.32 Å². The predicted octanol–water partition coefficient (Wildman–Crippen LogP) is 3.65. The van der Waals surface area contributed by atoms with Gasteiger partial charge >= 0.3 is 0 Å². The van der Waals surface area contributed by atoms with Gasteiger partial charge in [0, 0.05) is 12.0 Å². The van der Waals surface area contributed by atoms with Gasteiger partial charge in [0.1, 0.15) is 0 Å². The number of nitrogens with one attached hydrogen (secondary N) is 1. The molecule has 4 nitrogen and oxygen atoms in total. The molecule has 0 spiro atoms. The van der Waals surface area contributed by atoms with Gasteiger partial charge in [-0.15, -0.1) is 0 Å². The van der Waals surface area contributed by atoms with E-state index in [-0.39, 0.29) is 17.9 Å². The molecule has 1 aromatic heterocycles. The van der Waals surface area contributed by atoms with Crippen LogP contribution in [0.3, 0.4) is 0 Å². The zero-order valence-electron chi connectivity index (χ0n) is 12.6. The molecule has 1 aromatic carbocycles. The van der Waals surface area contributed by atoms with Gasteiger partial charge in [-0.1, -0.05) is 63.2 Å². The van der Waals surface area contributed by atoms with Gasteiger partial charge in [-0.2, -0.15) is 4.98 Å². The maximum absolute atomic E-state index is 5.44. The van der Waals surface area contributed by atoms with E-state index in [4.69, 9.17) is 4.52 Å². The minimum absolute atomic E-state index is 0.136. The zero-order chi connectivity index (χ0) is 14.5. The van der Waals surface area contributed by atoms with Gasteiger partial charge in [0.25, 0.3) is 0 Å². The van der Waals surface area contributed by atoms with Gasteiger partial charge < -0.3 is 9.84 Å². The molecule has 2 aromatic rings. The monoisotopic (exact) mass is 273 g/mol. The van der Waals surface area contributed by atoms with Crippen LogP contribution in [0.4, 0.5) is 0 Å². The van der Waals surface area contributed by atoms with E-state index in [1.165, 1.54) is 5.56 Å². The number of likely N-dealkylation sites (N-methyl/N-ethyl adjacent to an activating group) is 1. The molecule has 2 rings (SSSR count). The quantitative estimate of drug-likeness (QED) is 0.873. The first-order valence-corrected chi connectivity index (χ1v) is 7.25. The van der Waals surface area contributed by atoms with Gasteiger partial charge in [-0.05, 0) is 12.1 Å². The number of aromatic nitrogens is 2. The van der Waals surface area contributed by atoms with Crippen molar-refractivity contribution in [2.75, 3.05) is 6.54 Å². The van der Waals surface area contributed by atoms with Crippen molar-refractivity contribution in [3.05, 3.63) is 47.6 Å². The SMILES string of the molecule is CCNC(c1ccccc1)C(C)c1nc(C(C)C)no1. The molecule has 1 N–H and O–H groups in total. The number of rotatable bonds is 6. The fourth-order valence-electron chi connectivity index (χ4n) is 2.27. The molecule has 0 saturated carbocycles. The van der Waals surface area contributed by atoms with Crippen LogP contribution in [0.2, 0.25) is 0 Å². The van der Waals surface area contributed by atoms with Crippen LogP contribution in [-0.2, 0) is 0 Å². The molecule has 0 bridgehead atoms. The molecular weight excluding hydrogens is 250 g/mol. The molecule has 0 radical (unpaired) electrons. The first-order chi connectivity index (χ1) is 9.63. The highest BCUT2D eigenvalue weighted by Gasteiger charge is 2.25. The second-order valence-electron chi connectivity index (χ2n) is 5.38. The topological polar surface area (TPSA) is 51.0 Å². The van der Waals surface area contributed by atoms with E-state index in [2.05, 4.69) is 67.4 Å². The van der Waals surface area contributed by atoms with E-state index < -0.39 is 0 Å². The number of hydrogen-bond donors (Lipinski definition) is 1. The standard InChI is InChI=1S/C16H23N3O/c1-5-17-14(13-9-7-6-8-10-13)12(4)16-18-15(11(2)3)19-20-16/h6-12,14,17H,5H2,1-4H3. The molecule has 1 heterocycles. The lowest BCUT2D eigenvalue weighted by Gasteiger charge is -2.22. The molecule has 0 fully saturated rings. The molecule has 108 valence electrons.